The second-order valence-corrected chi connectivity index (χ2v) is 4.36. The summed E-state index contributed by atoms with van der Waals surface area (Å²) in [5.74, 6) is 1.17. The van der Waals surface area contributed by atoms with Crippen LogP contribution in [0.4, 0.5) is 0 Å². The van der Waals surface area contributed by atoms with Gasteiger partial charge in [-0.25, -0.2) is 0 Å². The maximum Gasteiger partial charge on any atom is 0.103 e. The molecule has 0 aromatic carbocycles. The second-order valence-electron chi connectivity index (χ2n) is 2.61. The summed E-state index contributed by atoms with van der Waals surface area (Å²) in [5, 5.41) is 9.82. The first-order valence-electron chi connectivity index (χ1n) is 3.51. The van der Waals surface area contributed by atoms with Crippen LogP contribution in [0.1, 0.15) is 18.0 Å². The first-order chi connectivity index (χ1) is 5.36. The van der Waals surface area contributed by atoms with Crippen molar-refractivity contribution >= 4 is 23.3 Å². The van der Waals surface area contributed by atoms with Crippen molar-refractivity contribution in [2.75, 3.05) is 5.75 Å². The van der Waals surface area contributed by atoms with Crippen molar-refractivity contribution in [3.8, 4) is 0 Å². The Morgan fingerprint density at radius 2 is 2.64 bits per heavy atom. The Balaban J connectivity index is 2.08. The fourth-order valence-electron chi connectivity index (χ4n) is 1.05. The van der Waals surface area contributed by atoms with Gasteiger partial charge in [-0.2, -0.15) is 0 Å². The molecule has 1 aliphatic heterocycles. The molecule has 2 rings (SSSR count). The van der Waals surface area contributed by atoms with Gasteiger partial charge >= 0.3 is 0 Å². The van der Waals surface area contributed by atoms with Crippen LogP contribution in [0, 0.1) is 0 Å². The summed E-state index contributed by atoms with van der Waals surface area (Å²) in [4.78, 5) is 0. The molecule has 1 saturated heterocycles. The predicted octanol–water partition coefficient (Wildman–Crippen LogP) is 1.26. The third-order valence-electron chi connectivity index (χ3n) is 1.59. The van der Waals surface area contributed by atoms with Gasteiger partial charge in [-0.05, 0) is 18.5 Å². The molecule has 1 aromatic rings. The zero-order chi connectivity index (χ0) is 7.68. The van der Waals surface area contributed by atoms with Gasteiger partial charge in [-0.15, -0.1) is 16.9 Å². The molecule has 0 saturated carbocycles. The summed E-state index contributed by atoms with van der Waals surface area (Å²) in [7, 11) is 0. The molecule has 0 bridgehead atoms. The first kappa shape index (κ1) is 7.52. The topological polar surface area (TPSA) is 37.8 Å². The minimum absolute atomic E-state index is 0.378. The fraction of sp³-hybridized carbons (Fsp3) is 0.667. The number of hydrogen-bond acceptors (Lipinski definition) is 5. The maximum absolute atomic E-state index is 4.02. The molecule has 1 fully saturated rings. The second kappa shape index (κ2) is 3.08. The zero-order valence-corrected chi connectivity index (χ0v) is 7.78. The van der Waals surface area contributed by atoms with Gasteiger partial charge in [0.2, 0.25) is 0 Å². The van der Waals surface area contributed by atoms with Crippen molar-refractivity contribution in [1.29, 1.82) is 0 Å². The molecular weight excluding hydrogens is 178 g/mol. The molecule has 2 unspecified atom stereocenters. The monoisotopic (exact) mass is 187 g/mol. The Labute approximate surface area is 73.7 Å². The van der Waals surface area contributed by atoms with Crippen LogP contribution in [0.3, 0.4) is 0 Å². The summed E-state index contributed by atoms with van der Waals surface area (Å²) >= 11 is 3.31. The molecule has 0 spiro atoms. The van der Waals surface area contributed by atoms with Crippen LogP contribution < -0.4 is 5.32 Å². The first-order valence-corrected chi connectivity index (χ1v) is 5.39. The van der Waals surface area contributed by atoms with Crippen LogP contribution in [0.15, 0.2) is 5.38 Å². The largest absolute Gasteiger partial charge is 0.297 e. The van der Waals surface area contributed by atoms with E-state index in [9.17, 15) is 0 Å². The van der Waals surface area contributed by atoms with Crippen LogP contribution in [-0.2, 0) is 0 Å². The van der Waals surface area contributed by atoms with Crippen molar-refractivity contribution in [3.05, 3.63) is 11.1 Å². The van der Waals surface area contributed by atoms with E-state index in [1.807, 2.05) is 17.1 Å². The quantitative estimate of drug-likeness (QED) is 0.718. The molecule has 1 aliphatic rings. The molecule has 0 radical (unpaired) electrons. The highest BCUT2D eigenvalue weighted by Gasteiger charge is 2.23. The summed E-state index contributed by atoms with van der Waals surface area (Å²) in [6, 6.07) is 0.603. The van der Waals surface area contributed by atoms with Crippen molar-refractivity contribution in [1.82, 2.24) is 14.9 Å². The summed E-state index contributed by atoms with van der Waals surface area (Å²) in [6.07, 6.45) is 0. The number of rotatable bonds is 1. The normalized spacial score (nSPS) is 31.0. The Bertz CT molecular complexity index is 224. The predicted molar refractivity (Wildman–Crippen MR) is 47.7 cm³/mol. The van der Waals surface area contributed by atoms with Crippen LogP contribution >= 0.6 is 23.3 Å². The smallest absolute Gasteiger partial charge is 0.103 e. The van der Waals surface area contributed by atoms with Crippen LogP contribution in [0.2, 0.25) is 0 Å². The lowest BCUT2D eigenvalue weighted by molar-refractivity contribution is 0.609. The number of nitrogens with one attached hydrogen (secondary N) is 1. The van der Waals surface area contributed by atoms with E-state index in [0.717, 1.165) is 5.69 Å². The average Bonchev–Trinajstić information content (AvgIpc) is 2.55. The third-order valence-corrected chi connectivity index (χ3v) is 3.52. The molecular formula is C6H9N3S2. The van der Waals surface area contributed by atoms with Gasteiger partial charge in [-0.1, -0.05) is 4.49 Å². The number of hydrogen-bond donors (Lipinski definition) is 1. The molecule has 2 atom stereocenters. The average molecular weight is 187 g/mol. The highest BCUT2D eigenvalue weighted by molar-refractivity contribution is 7.99. The van der Waals surface area contributed by atoms with E-state index in [4.69, 9.17) is 0 Å². The molecule has 2 heterocycles. The fourth-order valence-corrected chi connectivity index (χ4v) is 2.81. The molecule has 60 valence electrons. The lowest BCUT2D eigenvalue weighted by Gasteiger charge is -2.05. The summed E-state index contributed by atoms with van der Waals surface area (Å²) in [6.45, 7) is 2.19. The highest BCUT2D eigenvalue weighted by Crippen LogP contribution is 2.31. The Morgan fingerprint density at radius 3 is 3.18 bits per heavy atom. The van der Waals surface area contributed by atoms with Crippen LogP contribution in [0.25, 0.3) is 0 Å². The minimum Gasteiger partial charge on any atom is -0.297 e. The van der Waals surface area contributed by atoms with E-state index in [2.05, 4.69) is 21.8 Å². The van der Waals surface area contributed by atoms with Gasteiger partial charge in [0.15, 0.2) is 0 Å². The number of nitrogens with zero attached hydrogens (tertiary/aromatic N) is 2. The molecule has 0 amide bonds. The minimum atomic E-state index is 0.378. The van der Waals surface area contributed by atoms with Crippen LogP contribution in [0.5, 0.6) is 0 Å². The van der Waals surface area contributed by atoms with Gasteiger partial charge in [0, 0.05) is 17.2 Å². The van der Waals surface area contributed by atoms with E-state index in [1.54, 1.807) is 0 Å². The van der Waals surface area contributed by atoms with Crippen LogP contribution in [-0.4, -0.2) is 21.4 Å². The van der Waals surface area contributed by atoms with Gasteiger partial charge in [0.25, 0.3) is 0 Å². The lowest BCUT2D eigenvalue weighted by Crippen LogP contribution is -2.22. The third kappa shape index (κ3) is 1.55. The number of aromatic nitrogens is 2. The van der Waals surface area contributed by atoms with E-state index in [0.29, 0.717) is 11.4 Å². The van der Waals surface area contributed by atoms with Gasteiger partial charge in [-0.3, -0.25) is 5.32 Å². The van der Waals surface area contributed by atoms with Crippen molar-refractivity contribution in [3.63, 3.8) is 0 Å². The molecule has 1 aromatic heterocycles. The molecule has 1 N–H and O–H groups in total. The van der Waals surface area contributed by atoms with E-state index in [1.165, 1.54) is 17.3 Å². The Kier molecular flexibility index (Phi) is 2.11. The molecule has 11 heavy (non-hydrogen) atoms. The maximum atomic E-state index is 4.02. The Hall–Kier alpha value is -0.130. The van der Waals surface area contributed by atoms with Gasteiger partial charge in [0.05, 0.1) is 5.37 Å². The standard InChI is InChI=1S/C6H9N3S2/c1-4-2-10-6(7-4)5-3-11-9-8-5/h3-4,6-7H,2H2,1H3. The van der Waals surface area contributed by atoms with Gasteiger partial charge < -0.3 is 0 Å². The van der Waals surface area contributed by atoms with E-state index in [-0.39, 0.29) is 0 Å². The SMILES string of the molecule is CC1CSC(c2csnn2)N1. The van der Waals surface area contributed by atoms with Gasteiger partial charge in [0.1, 0.15) is 5.69 Å². The Morgan fingerprint density at radius 1 is 1.73 bits per heavy atom. The molecule has 5 heteroatoms. The molecule has 3 nitrogen and oxygen atoms in total. The van der Waals surface area contributed by atoms with Crippen molar-refractivity contribution in [2.45, 2.75) is 18.3 Å². The number of thioether (sulfide) groups is 1. The summed E-state index contributed by atoms with van der Waals surface area (Å²) in [5.41, 5.74) is 1.07. The lowest BCUT2D eigenvalue weighted by atomic mass is 10.4. The summed E-state index contributed by atoms with van der Waals surface area (Å²) < 4.78 is 3.83. The molecule has 0 aliphatic carbocycles. The van der Waals surface area contributed by atoms with E-state index < -0.39 is 0 Å². The van der Waals surface area contributed by atoms with E-state index >= 15 is 0 Å². The van der Waals surface area contributed by atoms with Crippen molar-refractivity contribution in [2.24, 2.45) is 0 Å². The highest BCUT2D eigenvalue weighted by atomic mass is 32.2. The zero-order valence-electron chi connectivity index (χ0n) is 6.15. The van der Waals surface area contributed by atoms with Crippen molar-refractivity contribution < 1.29 is 0 Å².